The predicted molar refractivity (Wildman–Crippen MR) is 111 cm³/mol. The van der Waals surface area contributed by atoms with Crippen LogP contribution in [0.3, 0.4) is 0 Å². The molecule has 0 spiro atoms. The molecule has 2 aromatic heterocycles. The number of aromatic amines is 1. The second kappa shape index (κ2) is 6.56. The van der Waals surface area contributed by atoms with E-state index in [0.717, 1.165) is 46.6 Å². The summed E-state index contributed by atoms with van der Waals surface area (Å²) in [5, 5.41) is 10.6. The van der Waals surface area contributed by atoms with E-state index in [0.29, 0.717) is 30.6 Å². The van der Waals surface area contributed by atoms with Gasteiger partial charge in [0.1, 0.15) is 6.61 Å². The van der Waals surface area contributed by atoms with E-state index < -0.39 is 0 Å². The molecule has 2 N–H and O–H groups in total. The van der Waals surface area contributed by atoms with Crippen molar-refractivity contribution in [3.8, 4) is 28.1 Å². The van der Waals surface area contributed by atoms with Gasteiger partial charge in [-0.2, -0.15) is 10.1 Å². The van der Waals surface area contributed by atoms with Crippen molar-refractivity contribution in [3.05, 3.63) is 42.4 Å². The summed E-state index contributed by atoms with van der Waals surface area (Å²) in [6, 6.07) is 8.19. The first-order valence-corrected chi connectivity index (χ1v) is 10.4. The molecule has 29 heavy (non-hydrogen) atoms. The standard InChI is InChI=1S/C22H24N6O/c1-28(18-7-16-3-4-17(8-18)26-16)22-23-11-20-19-5-2-13(15-9-24-25-10-15)6-14(19)12-29-21(20)27-22/h2,5-6,9-11,16-18,26H,3-4,7-8,12H2,1H3,(H,24,25)/t16-,17+,18?. The van der Waals surface area contributed by atoms with E-state index in [1.807, 2.05) is 18.6 Å². The molecule has 7 heteroatoms. The van der Waals surface area contributed by atoms with E-state index in [1.54, 1.807) is 0 Å². The largest absolute Gasteiger partial charge is 0.472 e. The fourth-order valence-corrected chi connectivity index (χ4v) is 5.04. The first-order valence-electron chi connectivity index (χ1n) is 10.4. The first kappa shape index (κ1) is 17.0. The SMILES string of the molecule is CN(c1ncc2c(n1)OCc1cc(-c3cn[nH]c3)ccc1-2)C1C[C@H]2CC[C@@H](C1)N2. The van der Waals surface area contributed by atoms with Gasteiger partial charge in [-0.3, -0.25) is 5.10 Å². The van der Waals surface area contributed by atoms with Gasteiger partial charge in [0.05, 0.1) is 11.8 Å². The number of rotatable bonds is 3. The van der Waals surface area contributed by atoms with Crippen molar-refractivity contribution in [1.29, 1.82) is 0 Å². The van der Waals surface area contributed by atoms with Gasteiger partial charge in [-0.1, -0.05) is 12.1 Å². The minimum atomic E-state index is 0.486. The zero-order chi connectivity index (χ0) is 19.4. The van der Waals surface area contributed by atoms with Gasteiger partial charge in [0.15, 0.2) is 0 Å². The Labute approximate surface area is 169 Å². The molecule has 3 aliphatic heterocycles. The number of benzene rings is 1. The number of H-pyrrole nitrogens is 1. The molecule has 3 atom stereocenters. The molecule has 6 rings (SSSR count). The molecule has 0 radical (unpaired) electrons. The van der Waals surface area contributed by atoms with Gasteiger partial charge < -0.3 is 15.0 Å². The number of hydrogen-bond donors (Lipinski definition) is 2. The molecular weight excluding hydrogens is 364 g/mol. The summed E-state index contributed by atoms with van der Waals surface area (Å²) in [5.41, 5.74) is 5.46. The molecule has 3 aromatic rings. The van der Waals surface area contributed by atoms with Crippen LogP contribution in [0.1, 0.15) is 31.2 Å². The van der Waals surface area contributed by atoms with Gasteiger partial charge in [-0.15, -0.1) is 0 Å². The molecule has 5 heterocycles. The van der Waals surface area contributed by atoms with Crippen LogP contribution in [-0.2, 0) is 6.61 Å². The lowest BCUT2D eigenvalue weighted by atomic mass is 9.96. The van der Waals surface area contributed by atoms with Gasteiger partial charge >= 0.3 is 0 Å². The number of aromatic nitrogens is 4. The fraction of sp³-hybridized carbons (Fsp3) is 0.409. The first-order chi connectivity index (χ1) is 14.2. The second-order valence-corrected chi connectivity index (χ2v) is 8.41. The maximum Gasteiger partial charge on any atom is 0.228 e. The highest BCUT2D eigenvalue weighted by Crippen LogP contribution is 2.39. The van der Waals surface area contributed by atoms with Crippen molar-refractivity contribution in [3.63, 3.8) is 0 Å². The van der Waals surface area contributed by atoms with E-state index >= 15 is 0 Å². The van der Waals surface area contributed by atoms with E-state index in [2.05, 4.69) is 45.7 Å². The number of nitrogens with zero attached hydrogens (tertiary/aromatic N) is 4. The van der Waals surface area contributed by atoms with Crippen LogP contribution in [0.4, 0.5) is 5.95 Å². The van der Waals surface area contributed by atoms with Crippen molar-refractivity contribution < 1.29 is 4.74 Å². The van der Waals surface area contributed by atoms with Crippen LogP contribution in [0, 0.1) is 0 Å². The third-order valence-electron chi connectivity index (χ3n) is 6.64. The van der Waals surface area contributed by atoms with E-state index in [1.165, 1.54) is 12.8 Å². The number of anilines is 1. The maximum absolute atomic E-state index is 6.04. The molecular formula is C22H24N6O. The van der Waals surface area contributed by atoms with Gasteiger partial charge in [-0.25, -0.2) is 4.98 Å². The Morgan fingerprint density at radius 3 is 2.72 bits per heavy atom. The smallest absolute Gasteiger partial charge is 0.228 e. The Kier molecular flexibility index (Phi) is 3.84. The van der Waals surface area contributed by atoms with E-state index in [-0.39, 0.29) is 0 Å². The third-order valence-corrected chi connectivity index (χ3v) is 6.64. The Hall–Kier alpha value is -2.93. The van der Waals surface area contributed by atoms with Gasteiger partial charge in [0.2, 0.25) is 11.8 Å². The van der Waals surface area contributed by atoms with Crippen LogP contribution in [0.2, 0.25) is 0 Å². The van der Waals surface area contributed by atoms with Crippen molar-refractivity contribution in [2.45, 2.75) is 50.4 Å². The zero-order valence-corrected chi connectivity index (χ0v) is 16.4. The normalized spacial score (nSPS) is 24.5. The molecule has 2 fully saturated rings. The summed E-state index contributed by atoms with van der Waals surface area (Å²) in [6.45, 7) is 0.520. The quantitative estimate of drug-likeness (QED) is 0.718. The molecule has 0 amide bonds. The summed E-state index contributed by atoms with van der Waals surface area (Å²) < 4.78 is 6.04. The Bertz CT molecular complexity index is 1040. The molecule has 148 valence electrons. The lowest BCUT2D eigenvalue weighted by Gasteiger charge is -2.35. The highest BCUT2D eigenvalue weighted by Gasteiger charge is 2.36. The number of nitrogens with one attached hydrogen (secondary N) is 2. The highest BCUT2D eigenvalue weighted by atomic mass is 16.5. The average molecular weight is 388 g/mol. The Morgan fingerprint density at radius 2 is 1.93 bits per heavy atom. The van der Waals surface area contributed by atoms with Gasteiger partial charge in [-0.05, 0) is 48.4 Å². The van der Waals surface area contributed by atoms with Crippen LogP contribution in [-0.4, -0.2) is 45.3 Å². The van der Waals surface area contributed by atoms with Gasteiger partial charge in [0, 0.05) is 43.1 Å². The van der Waals surface area contributed by atoms with Crippen LogP contribution in [0.15, 0.2) is 36.8 Å². The summed E-state index contributed by atoms with van der Waals surface area (Å²) in [7, 11) is 2.12. The lowest BCUT2D eigenvalue weighted by molar-refractivity contribution is 0.289. The number of piperidine rings is 1. The number of hydrogen-bond acceptors (Lipinski definition) is 6. The molecule has 3 aliphatic rings. The molecule has 7 nitrogen and oxygen atoms in total. The predicted octanol–water partition coefficient (Wildman–Crippen LogP) is 3.15. The monoisotopic (exact) mass is 388 g/mol. The summed E-state index contributed by atoms with van der Waals surface area (Å²) in [4.78, 5) is 11.7. The number of ether oxygens (including phenoxy) is 1. The highest BCUT2D eigenvalue weighted by molar-refractivity contribution is 5.77. The second-order valence-electron chi connectivity index (χ2n) is 8.41. The van der Waals surface area contributed by atoms with Crippen molar-refractivity contribution in [2.75, 3.05) is 11.9 Å². The molecule has 0 saturated carbocycles. The van der Waals surface area contributed by atoms with Crippen molar-refractivity contribution in [2.24, 2.45) is 0 Å². The molecule has 1 unspecified atom stereocenters. The minimum Gasteiger partial charge on any atom is -0.472 e. The van der Waals surface area contributed by atoms with Crippen molar-refractivity contribution >= 4 is 5.95 Å². The van der Waals surface area contributed by atoms with E-state index in [9.17, 15) is 0 Å². The summed E-state index contributed by atoms with van der Waals surface area (Å²) in [5.74, 6) is 1.44. The van der Waals surface area contributed by atoms with Crippen LogP contribution in [0.25, 0.3) is 22.3 Å². The number of fused-ring (bicyclic) bond motifs is 5. The average Bonchev–Trinajstić information content (AvgIpc) is 3.42. The lowest BCUT2D eigenvalue weighted by Crippen LogP contribution is -2.47. The minimum absolute atomic E-state index is 0.486. The van der Waals surface area contributed by atoms with E-state index in [4.69, 9.17) is 14.7 Å². The summed E-state index contributed by atoms with van der Waals surface area (Å²) >= 11 is 0. The fourth-order valence-electron chi connectivity index (χ4n) is 5.04. The molecule has 2 bridgehead atoms. The Balaban J connectivity index is 1.29. The van der Waals surface area contributed by atoms with Crippen LogP contribution in [0.5, 0.6) is 5.88 Å². The van der Waals surface area contributed by atoms with Crippen molar-refractivity contribution in [1.82, 2.24) is 25.5 Å². The topological polar surface area (TPSA) is 79.0 Å². The molecule has 2 saturated heterocycles. The third kappa shape index (κ3) is 2.88. The Morgan fingerprint density at radius 1 is 1.07 bits per heavy atom. The maximum atomic E-state index is 6.04. The molecule has 1 aromatic carbocycles. The van der Waals surface area contributed by atoms with Crippen LogP contribution < -0.4 is 15.0 Å². The summed E-state index contributed by atoms with van der Waals surface area (Å²) in [6.07, 6.45) is 10.6. The zero-order valence-electron chi connectivity index (χ0n) is 16.4. The van der Waals surface area contributed by atoms with Gasteiger partial charge in [0.25, 0.3) is 0 Å². The van der Waals surface area contributed by atoms with Crippen LogP contribution >= 0.6 is 0 Å². The molecule has 0 aliphatic carbocycles.